The maximum atomic E-state index is 5.91. The molecule has 0 atom stereocenters. The smallest absolute Gasteiger partial charge is 0.0157 e. The third-order valence-corrected chi connectivity index (χ3v) is 2.18. The van der Waals surface area contributed by atoms with Gasteiger partial charge in [0.05, 0.1) is 0 Å². The first-order valence-electron chi connectivity index (χ1n) is 4.41. The monoisotopic (exact) mass is 195 g/mol. The normalized spacial score (nSPS) is 11.7. The summed E-state index contributed by atoms with van der Waals surface area (Å²) < 4.78 is 0. The average molecular weight is 196 g/mol. The van der Waals surface area contributed by atoms with E-state index in [1.807, 2.05) is 24.3 Å². The van der Waals surface area contributed by atoms with Gasteiger partial charge in [-0.15, -0.1) is 0 Å². The molecule has 1 nitrogen and oxygen atoms in total. The second-order valence-electron chi connectivity index (χ2n) is 2.87. The summed E-state index contributed by atoms with van der Waals surface area (Å²) in [4.78, 5) is 0. The summed E-state index contributed by atoms with van der Waals surface area (Å²) in [6.07, 6.45) is 3.71. The number of hydrogen-bond acceptors (Lipinski definition) is 1. The number of halogens is 1. The van der Waals surface area contributed by atoms with Gasteiger partial charge in [0.15, 0.2) is 0 Å². The highest BCUT2D eigenvalue weighted by atomic mass is 35.5. The summed E-state index contributed by atoms with van der Waals surface area (Å²) >= 11 is 5.91. The molecule has 1 aromatic carbocycles. The van der Waals surface area contributed by atoms with Crippen LogP contribution in [-0.2, 0) is 6.42 Å². The van der Waals surface area contributed by atoms with Gasteiger partial charge in [-0.25, -0.2) is 0 Å². The van der Waals surface area contributed by atoms with E-state index in [9.17, 15) is 0 Å². The fourth-order valence-electron chi connectivity index (χ4n) is 1.14. The first kappa shape index (κ1) is 10.3. The zero-order valence-corrected chi connectivity index (χ0v) is 8.30. The lowest BCUT2D eigenvalue weighted by molar-refractivity contribution is 0.979. The SMILES string of the molecule is NC/C=C(\Cl)CCc1ccccc1. The first-order chi connectivity index (χ1) is 6.33. The van der Waals surface area contributed by atoms with Gasteiger partial charge < -0.3 is 5.73 Å². The van der Waals surface area contributed by atoms with E-state index in [1.165, 1.54) is 5.56 Å². The summed E-state index contributed by atoms with van der Waals surface area (Å²) in [6.45, 7) is 0.521. The van der Waals surface area contributed by atoms with Gasteiger partial charge >= 0.3 is 0 Å². The van der Waals surface area contributed by atoms with Crippen molar-refractivity contribution < 1.29 is 0 Å². The Morgan fingerprint density at radius 1 is 1.31 bits per heavy atom. The van der Waals surface area contributed by atoms with Crippen LogP contribution in [-0.4, -0.2) is 6.54 Å². The van der Waals surface area contributed by atoms with Crippen molar-refractivity contribution >= 4 is 11.6 Å². The van der Waals surface area contributed by atoms with Gasteiger partial charge in [0.2, 0.25) is 0 Å². The molecule has 70 valence electrons. The fourth-order valence-corrected chi connectivity index (χ4v) is 1.32. The number of aryl methyl sites for hydroxylation is 1. The van der Waals surface area contributed by atoms with Crippen LogP contribution >= 0.6 is 11.6 Å². The molecule has 0 amide bonds. The molecule has 0 spiro atoms. The van der Waals surface area contributed by atoms with Gasteiger partial charge in [-0.05, 0) is 18.4 Å². The quantitative estimate of drug-likeness (QED) is 0.786. The van der Waals surface area contributed by atoms with Crippen molar-refractivity contribution in [3.8, 4) is 0 Å². The van der Waals surface area contributed by atoms with Gasteiger partial charge in [0.1, 0.15) is 0 Å². The number of hydrogen-bond donors (Lipinski definition) is 1. The molecule has 0 radical (unpaired) electrons. The molecule has 0 aliphatic heterocycles. The standard InChI is InChI=1S/C11H14ClN/c12-11(8-9-13)7-6-10-4-2-1-3-5-10/h1-5,8H,6-7,9,13H2/b11-8-. The molecule has 2 heteroatoms. The van der Waals surface area contributed by atoms with Crippen LogP contribution in [0.5, 0.6) is 0 Å². The predicted molar refractivity (Wildman–Crippen MR) is 57.8 cm³/mol. The van der Waals surface area contributed by atoms with Gasteiger partial charge in [0.25, 0.3) is 0 Å². The van der Waals surface area contributed by atoms with Gasteiger partial charge in [0, 0.05) is 11.6 Å². The molecule has 0 saturated heterocycles. The van der Waals surface area contributed by atoms with Crippen molar-refractivity contribution in [2.75, 3.05) is 6.54 Å². The molecular weight excluding hydrogens is 182 g/mol. The van der Waals surface area contributed by atoms with E-state index in [4.69, 9.17) is 17.3 Å². The Hall–Kier alpha value is -0.790. The third kappa shape index (κ3) is 4.11. The molecule has 2 N–H and O–H groups in total. The molecule has 1 aromatic rings. The molecule has 0 heterocycles. The minimum Gasteiger partial charge on any atom is -0.327 e. The van der Waals surface area contributed by atoms with Crippen molar-refractivity contribution in [3.05, 3.63) is 47.0 Å². The van der Waals surface area contributed by atoms with E-state index in [0.717, 1.165) is 17.9 Å². The lowest BCUT2D eigenvalue weighted by Gasteiger charge is -1.99. The van der Waals surface area contributed by atoms with Crippen molar-refractivity contribution in [1.82, 2.24) is 0 Å². The molecular formula is C11H14ClN. The molecule has 0 aromatic heterocycles. The van der Waals surface area contributed by atoms with Crippen LogP contribution in [0.3, 0.4) is 0 Å². The van der Waals surface area contributed by atoms with E-state index in [1.54, 1.807) is 0 Å². The summed E-state index contributed by atoms with van der Waals surface area (Å²) in [6, 6.07) is 10.3. The fraction of sp³-hybridized carbons (Fsp3) is 0.273. The van der Waals surface area contributed by atoms with E-state index in [2.05, 4.69) is 12.1 Å². The van der Waals surface area contributed by atoms with E-state index >= 15 is 0 Å². The largest absolute Gasteiger partial charge is 0.327 e. The third-order valence-electron chi connectivity index (χ3n) is 1.83. The van der Waals surface area contributed by atoms with Gasteiger partial charge in [-0.2, -0.15) is 0 Å². The van der Waals surface area contributed by atoms with Crippen molar-refractivity contribution in [2.24, 2.45) is 5.73 Å². The Bertz CT molecular complexity index is 267. The minimum absolute atomic E-state index is 0.521. The lowest BCUT2D eigenvalue weighted by Crippen LogP contribution is -1.94. The lowest BCUT2D eigenvalue weighted by atomic mass is 10.1. The highest BCUT2D eigenvalue weighted by Gasteiger charge is 1.94. The van der Waals surface area contributed by atoms with Crippen LogP contribution in [0.25, 0.3) is 0 Å². The molecule has 0 saturated carbocycles. The second-order valence-corrected chi connectivity index (χ2v) is 3.36. The highest BCUT2D eigenvalue weighted by molar-refractivity contribution is 6.29. The van der Waals surface area contributed by atoms with Crippen molar-refractivity contribution in [3.63, 3.8) is 0 Å². The minimum atomic E-state index is 0.521. The van der Waals surface area contributed by atoms with Crippen LogP contribution in [0, 0.1) is 0 Å². The Morgan fingerprint density at radius 2 is 2.00 bits per heavy atom. The Labute approximate surface area is 84.2 Å². The maximum Gasteiger partial charge on any atom is 0.0157 e. The number of nitrogens with two attached hydrogens (primary N) is 1. The average Bonchev–Trinajstić information content (AvgIpc) is 2.17. The molecule has 1 rings (SSSR count). The Balaban J connectivity index is 2.39. The maximum absolute atomic E-state index is 5.91. The van der Waals surface area contributed by atoms with E-state index in [0.29, 0.717) is 6.54 Å². The Morgan fingerprint density at radius 3 is 2.62 bits per heavy atom. The molecule has 0 aliphatic carbocycles. The molecule has 0 aliphatic rings. The zero-order valence-electron chi connectivity index (χ0n) is 7.54. The van der Waals surface area contributed by atoms with Crippen LogP contribution < -0.4 is 5.73 Å². The van der Waals surface area contributed by atoms with Crippen LogP contribution in [0.1, 0.15) is 12.0 Å². The number of rotatable bonds is 4. The van der Waals surface area contributed by atoms with Crippen LogP contribution in [0.4, 0.5) is 0 Å². The zero-order chi connectivity index (χ0) is 9.52. The van der Waals surface area contributed by atoms with Gasteiger partial charge in [-0.3, -0.25) is 0 Å². The van der Waals surface area contributed by atoms with Crippen molar-refractivity contribution in [1.29, 1.82) is 0 Å². The molecule has 0 unspecified atom stereocenters. The highest BCUT2D eigenvalue weighted by Crippen LogP contribution is 2.11. The molecule has 0 fully saturated rings. The number of benzene rings is 1. The number of allylic oxidation sites excluding steroid dienone is 1. The van der Waals surface area contributed by atoms with Crippen LogP contribution in [0.2, 0.25) is 0 Å². The predicted octanol–water partition coefficient (Wildman–Crippen LogP) is 2.70. The summed E-state index contributed by atoms with van der Waals surface area (Å²) in [7, 11) is 0. The van der Waals surface area contributed by atoms with Gasteiger partial charge in [-0.1, -0.05) is 48.0 Å². The topological polar surface area (TPSA) is 26.0 Å². The van der Waals surface area contributed by atoms with Crippen molar-refractivity contribution in [2.45, 2.75) is 12.8 Å². The molecule has 0 bridgehead atoms. The Kier molecular flexibility index (Phi) is 4.58. The molecule has 13 heavy (non-hydrogen) atoms. The first-order valence-corrected chi connectivity index (χ1v) is 4.79. The summed E-state index contributed by atoms with van der Waals surface area (Å²) in [5.74, 6) is 0. The summed E-state index contributed by atoms with van der Waals surface area (Å²) in [5, 5.41) is 0.853. The summed E-state index contributed by atoms with van der Waals surface area (Å²) in [5.41, 5.74) is 6.65. The van der Waals surface area contributed by atoms with E-state index < -0.39 is 0 Å². The second kappa shape index (κ2) is 5.79. The van der Waals surface area contributed by atoms with E-state index in [-0.39, 0.29) is 0 Å². The van der Waals surface area contributed by atoms with Crippen LogP contribution in [0.15, 0.2) is 41.4 Å².